The van der Waals surface area contributed by atoms with Gasteiger partial charge in [-0.3, -0.25) is 4.79 Å². The van der Waals surface area contributed by atoms with Gasteiger partial charge in [0.25, 0.3) is 0 Å². The van der Waals surface area contributed by atoms with Crippen LogP contribution in [0.3, 0.4) is 0 Å². The fourth-order valence-electron chi connectivity index (χ4n) is 3.30. The van der Waals surface area contributed by atoms with Crippen molar-refractivity contribution >= 4 is 22.8 Å². The van der Waals surface area contributed by atoms with Crippen LogP contribution in [0.25, 0.3) is 5.57 Å². The highest BCUT2D eigenvalue weighted by Crippen LogP contribution is 2.40. The minimum atomic E-state index is -0.411. The first-order chi connectivity index (χ1) is 12.4. The first-order valence-corrected chi connectivity index (χ1v) is 10.1. The number of amides is 1. The van der Waals surface area contributed by atoms with E-state index in [1.807, 2.05) is 19.1 Å². The molecule has 1 N–H and O–H groups in total. The van der Waals surface area contributed by atoms with Crippen molar-refractivity contribution in [2.24, 2.45) is 0 Å². The molecule has 3 rings (SSSR count). The first-order valence-electron chi connectivity index (χ1n) is 9.24. The quantitative estimate of drug-likeness (QED) is 0.688. The molecule has 0 saturated carbocycles. The van der Waals surface area contributed by atoms with Crippen LogP contribution in [0, 0.1) is 6.92 Å². The monoisotopic (exact) mass is 369 g/mol. The molecule has 0 aliphatic carbocycles. The third kappa shape index (κ3) is 3.85. The maximum absolute atomic E-state index is 12.6. The predicted octanol–water partition coefficient (Wildman–Crippen LogP) is 5.44. The number of benzene rings is 1. The molecule has 1 aromatic heterocycles. The molecule has 1 aliphatic heterocycles. The van der Waals surface area contributed by atoms with E-state index in [2.05, 4.69) is 49.7 Å². The molecule has 1 amide bonds. The Labute approximate surface area is 160 Å². The molecule has 26 heavy (non-hydrogen) atoms. The average molecular weight is 370 g/mol. The Balaban J connectivity index is 1.84. The molecule has 0 bridgehead atoms. The Morgan fingerprint density at radius 3 is 2.58 bits per heavy atom. The number of rotatable bonds is 6. The zero-order valence-corrected chi connectivity index (χ0v) is 16.8. The second-order valence-corrected chi connectivity index (χ2v) is 8.19. The minimum absolute atomic E-state index is 0.0167. The van der Waals surface area contributed by atoms with Gasteiger partial charge in [0.2, 0.25) is 5.91 Å². The average Bonchev–Trinajstić information content (AvgIpc) is 3.05. The van der Waals surface area contributed by atoms with E-state index in [1.165, 1.54) is 10.4 Å². The second-order valence-electron chi connectivity index (χ2n) is 7.28. The van der Waals surface area contributed by atoms with Gasteiger partial charge in [-0.2, -0.15) is 0 Å². The lowest BCUT2D eigenvalue weighted by Gasteiger charge is -2.37. The van der Waals surface area contributed by atoms with Crippen LogP contribution in [0.5, 0.6) is 5.75 Å². The Hall–Kier alpha value is -2.07. The standard InChI is InChI=1S/C22H27NO2S/c1-5-6-11-25-18-9-7-17(8-10-18)22(4)13-19(16(3)21(24)23-22)20-12-15(2)14-26-20/h7-10,12,14H,5-6,11,13H2,1-4H3,(H,23,24)/t22-/m0/s1. The molecule has 138 valence electrons. The topological polar surface area (TPSA) is 38.3 Å². The van der Waals surface area contributed by atoms with Crippen molar-refractivity contribution < 1.29 is 9.53 Å². The SMILES string of the molecule is CCCCOc1ccc([C@]2(C)CC(c3cc(C)cs3)=C(C)C(=O)N2)cc1. The number of hydrogen-bond acceptors (Lipinski definition) is 3. The molecule has 1 atom stereocenters. The van der Waals surface area contributed by atoms with Gasteiger partial charge in [-0.25, -0.2) is 0 Å². The summed E-state index contributed by atoms with van der Waals surface area (Å²) in [4.78, 5) is 13.8. The fourth-order valence-corrected chi connectivity index (χ4v) is 4.30. The Kier molecular flexibility index (Phi) is 5.52. The summed E-state index contributed by atoms with van der Waals surface area (Å²) in [5, 5.41) is 5.34. The van der Waals surface area contributed by atoms with Crippen LogP contribution in [-0.4, -0.2) is 12.5 Å². The van der Waals surface area contributed by atoms with Crippen LogP contribution in [-0.2, 0) is 10.3 Å². The highest BCUT2D eigenvalue weighted by atomic mass is 32.1. The zero-order valence-electron chi connectivity index (χ0n) is 16.0. The molecule has 1 aliphatic rings. The van der Waals surface area contributed by atoms with Crippen LogP contribution in [0.1, 0.15) is 56.0 Å². The summed E-state index contributed by atoms with van der Waals surface area (Å²) in [6.45, 7) is 9.01. The van der Waals surface area contributed by atoms with E-state index < -0.39 is 5.54 Å². The van der Waals surface area contributed by atoms with Crippen LogP contribution >= 0.6 is 11.3 Å². The molecule has 0 unspecified atom stereocenters. The second kappa shape index (κ2) is 7.67. The van der Waals surface area contributed by atoms with Gasteiger partial charge >= 0.3 is 0 Å². The summed E-state index contributed by atoms with van der Waals surface area (Å²) in [6.07, 6.45) is 2.97. The Bertz CT molecular complexity index is 819. The number of unbranched alkanes of at least 4 members (excludes halogenated alkanes) is 1. The molecule has 0 radical (unpaired) electrons. The van der Waals surface area contributed by atoms with E-state index in [4.69, 9.17) is 4.74 Å². The van der Waals surface area contributed by atoms with Crippen LogP contribution < -0.4 is 10.1 Å². The molecular weight excluding hydrogens is 342 g/mol. The predicted molar refractivity (Wildman–Crippen MR) is 109 cm³/mol. The molecule has 1 aromatic carbocycles. The molecule has 0 fully saturated rings. The summed E-state index contributed by atoms with van der Waals surface area (Å²) >= 11 is 1.71. The number of hydrogen-bond donors (Lipinski definition) is 1. The Morgan fingerprint density at radius 2 is 1.96 bits per heavy atom. The number of ether oxygens (including phenoxy) is 1. The van der Waals surface area contributed by atoms with Gasteiger partial charge in [-0.1, -0.05) is 25.5 Å². The van der Waals surface area contributed by atoms with E-state index in [9.17, 15) is 4.79 Å². The smallest absolute Gasteiger partial charge is 0.247 e. The molecule has 4 heteroatoms. The normalized spacial score (nSPS) is 20.2. The summed E-state index contributed by atoms with van der Waals surface area (Å²) in [5.74, 6) is 0.900. The zero-order chi connectivity index (χ0) is 18.7. The van der Waals surface area contributed by atoms with E-state index in [1.54, 1.807) is 11.3 Å². The fraction of sp³-hybridized carbons (Fsp3) is 0.409. The first kappa shape index (κ1) is 18.7. The lowest BCUT2D eigenvalue weighted by atomic mass is 9.80. The van der Waals surface area contributed by atoms with Crippen molar-refractivity contribution in [3.05, 3.63) is 57.3 Å². The van der Waals surface area contributed by atoms with Crippen molar-refractivity contribution in [2.75, 3.05) is 6.61 Å². The van der Waals surface area contributed by atoms with Crippen molar-refractivity contribution in [3.8, 4) is 5.75 Å². The van der Waals surface area contributed by atoms with Gasteiger partial charge in [0.05, 0.1) is 12.1 Å². The van der Waals surface area contributed by atoms with Crippen molar-refractivity contribution in [1.82, 2.24) is 5.32 Å². The molecule has 0 spiro atoms. The lowest BCUT2D eigenvalue weighted by Crippen LogP contribution is -2.47. The minimum Gasteiger partial charge on any atom is -0.494 e. The van der Waals surface area contributed by atoms with Crippen molar-refractivity contribution in [2.45, 2.75) is 52.5 Å². The number of carbonyl (C=O) groups is 1. The molecule has 2 heterocycles. The van der Waals surface area contributed by atoms with Gasteiger partial charge in [0.1, 0.15) is 5.75 Å². The van der Waals surface area contributed by atoms with E-state index >= 15 is 0 Å². The third-order valence-corrected chi connectivity index (χ3v) is 6.11. The maximum Gasteiger partial charge on any atom is 0.247 e. The molecule has 0 saturated heterocycles. The van der Waals surface area contributed by atoms with Gasteiger partial charge in [0.15, 0.2) is 0 Å². The number of carbonyl (C=O) groups excluding carboxylic acids is 1. The van der Waals surface area contributed by atoms with Crippen LogP contribution in [0.15, 0.2) is 41.3 Å². The maximum atomic E-state index is 12.6. The number of nitrogens with one attached hydrogen (secondary N) is 1. The summed E-state index contributed by atoms with van der Waals surface area (Å²) in [6, 6.07) is 10.3. The molecule has 2 aromatic rings. The van der Waals surface area contributed by atoms with Crippen LogP contribution in [0.2, 0.25) is 0 Å². The van der Waals surface area contributed by atoms with Crippen molar-refractivity contribution in [1.29, 1.82) is 0 Å². The van der Waals surface area contributed by atoms with Crippen molar-refractivity contribution in [3.63, 3.8) is 0 Å². The Morgan fingerprint density at radius 1 is 1.23 bits per heavy atom. The lowest BCUT2D eigenvalue weighted by molar-refractivity contribution is -0.119. The summed E-state index contributed by atoms with van der Waals surface area (Å²) < 4.78 is 5.76. The third-order valence-electron chi connectivity index (χ3n) is 5.00. The molecular formula is C22H27NO2S. The van der Waals surface area contributed by atoms with Gasteiger partial charge < -0.3 is 10.1 Å². The van der Waals surface area contributed by atoms with Crippen LogP contribution in [0.4, 0.5) is 0 Å². The highest BCUT2D eigenvalue weighted by Gasteiger charge is 2.36. The van der Waals surface area contributed by atoms with E-state index in [-0.39, 0.29) is 5.91 Å². The van der Waals surface area contributed by atoms with Gasteiger partial charge in [-0.05, 0) is 67.5 Å². The van der Waals surface area contributed by atoms with Gasteiger partial charge in [-0.15, -0.1) is 11.3 Å². The highest BCUT2D eigenvalue weighted by molar-refractivity contribution is 7.11. The van der Waals surface area contributed by atoms with E-state index in [0.29, 0.717) is 0 Å². The number of thiophene rings is 1. The number of aryl methyl sites for hydroxylation is 1. The van der Waals surface area contributed by atoms with E-state index in [0.717, 1.165) is 48.3 Å². The summed E-state index contributed by atoms with van der Waals surface area (Å²) in [5.41, 5.74) is 3.91. The molecule has 3 nitrogen and oxygen atoms in total. The van der Waals surface area contributed by atoms with Gasteiger partial charge in [0, 0.05) is 16.9 Å². The largest absolute Gasteiger partial charge is 0.494 e. The summed E-state index contributed by atoms with van der Waals surface area (Å²) in [7, 11) is 0.